The van der Waals surface area contributed by atoms with E-state index in [1.807, 2.05) is 30.3 Å². The Bertz CT molecular complexity index is 1270. The molecular formula is C33H42N4O5. The number of rotatable bonds is 17. The maximum Gasteiger partial charge on any atom is 0.326 e. The molecule has 0 unspecified atom stereocenters. The summed E-state index contributed by atoms with van der Waals surface area (Å²) >= 11 is 0. The summed E-state index contributed by atoms with van der Waals surface area (Å²) in [5.41, 5.74) is 3.17. The van der Waals surface area contributed by atoms with Crippen molar-refractivity contribution in [2.45, 2.75) is 51.0 Å². The highest BCUT2D eigenvalue weighted by Gasteiger charge is 2.21. The third-order valence-corrected chi connectivity index (χ3v) is 7.42. The number of unbranched alkanes of at least 4 members (excludes halogenated alkanes) is 1. The smallest absolute Gasteiger partial charge is 0.326 e. The van der Waals surface area contributed by atoms with Crippen LogP contribution in [0.2, 0.25) is 0 Å². The van der Waals surface area contributed by atoms with Crippen LogP contribution in [0.3, 0.4) is 0 Å². The number of ether oxygens (including phenoxy) is 2. The second-order valence-corrected chi connectivity index (χ2v) is 10.6. The number of aromatic nitrogens is 1. The Labute approximate surface area is 248 Å². The van der Waals surface area contributed by atoms with Crippen LogP contribution in [0.4, 0.5) is 5.82 Å². The van der Waals surface area contributed by atoms with Crippen molar-refractivity contribution in [3.8, 4) is 11.5 Å². The highest BCUT2D eigenvalue weighted by atomic mass is 16.5. The monoisotopic (exact) mass is 574 g/mol. The molecule has 9 nitrogen and oxygen atoms in total. The van der Waals surface area contributed by atoms with E-state index in [0.29, 0.717) is 31.9 Å². The molecule has 0 radical (unpaired) electrons. The number of carbonyl (C=O) groups is 2. The third-order valence-electron chi connectivity index (χ3n) is 7.42. The number of carboxylic acid groups (broad SMARTS) is 1. The number of hydrogen-bond donors (Lipinski definition) is 3. The minimum absolute atomic E-state index is 0.106. The minimum atomic E-state index is -1.04. The van der Waals surface area contributed by atoms with Crippen LogP contribution in [-0.4, -0.2) is 72.8 Å². The lowest BCUT2D eigenvalue weighted by molar-refractivity contribution is -0.142. The van der Waals surface area contributed by atoms with Gasteiger partial charge in [-0.15, -0.1) is 0 Å². The standard InChI is InChI=1S/C33H42N4O5/c1-41-28-16-12-25(13-17-28)24-31(38)36-30(33(39)40)18-21-37(22-23-42-29-10-3-2-4-11-29)20-6-5-9-27-15-14-26-8-7-19-34-32(26)35-27/h2-4,10-17,30H,5-9,18-24H2,1H3,(H,34,35)(H,36,38)(H,39,40)/t30-/m0/s1. The van der Waals surface area contributed by atoms with Gasteiger partial charge in [0.25, 0.3) is 0 Å². The van der Waals surface area contributed by atoms with Crippen LogP contribution in [0.25, 0.3) is 0 Å². The first-order valence-corrected chi connectivity index (χ1v) is 14.8. The Morgan fingerprint density at radius 2 is 1.81 bits per heavy atom. The van der Waals surface area contributed by atoms with Crippen molar-refractivity contribution in [2.75, 3.05) is 45.2 Å². The van der Waals surface area contributed by atoms with Gasteiger partial charge < -0.3 is 25.2 Å². The molecule has 4 rings (SSSR count). The normalized spacial score (nSPS) is 13.1. The van der Waals surface area contributed by atoms with Crippen LogP contribution in [-0.2, 0) is 28.9 Å². The molecule has 2 aromatic carbocycles. The first-order valence-electron chi connectivity index (χ1n) is 14.8. The zero-order valence-electron chi connectivity index (χ0n) is 24.4. The zero-order chi connectivity index (χ0) is 29.6. The molecule has 0 spiro atoms. The molecule has 3 N–H and O–H groups in total. The van der Waals surface area contributed by atoms with Gasteiger partial charge in [-0.05, 0) is 86.5 Å². The fourth-order valence-electron chi connectivity index (χ4n) is 5.04. The molecule has 42 heavy (non-hydrogen) atoms. The molecule has 1 aliphatic rings. The summed E-state index contributed by atoms with van der Waals surface area (Å²) in [5.74, 6) is 1.17. The van der Waals surface area contributed by atoms with Gasteiger partial charge in [0.15, 0.2) is 0 Å². The van der Waals surface area contributed by atoms with Crippen LogP contribution < -0.4 is 20.1 Å². The quantitative estimate of drug-likeness (QED) is 0.204. The van der Waals surface area contributed by atoms with Crippen molar-refractivity contribution in [3.63, 3.8) is 0 Å². The number of aliphatic carboxylic acids is 1. The number of hydrogen-bond acceptors (Lipinski definition) is 7. The molecule has 9 heteroatoms. The molecule has 3 aromatic rings. The van der Waals surface area contributed by atoms with Crippen molar-refractivity contribution in [1.29, 1.82) is 0 Å². The largest absolute Gasteiger partial charge is 0.497 e. The van der Waals surface area contributed by atoms with Gasteiger partial charge in [-0.3, -0.25) is 9.69 Å². The first kappa shape index (κ1) is 30.8. The molecule has 224 valence electrons. The molecule has 1 aromatic heterocycles. The number of carboxylic acids is 1. The van der Waals surface area contributed by atoms with Gasteiger partial charge in [0.05, 0.1) is 13.5 Å². The van der Waals surface area contributed by atoms with E-state index in [4.69, 9.17) is 14.5 Å². The van der Waals surface area contributed by atoms with Gasteiger partial charge in [0.1, 0.15) is 30.0 Å². The zero-order valence-corrected chi connectivity index (χ0v) is 24.4. The summed E-state index contributed by atoms with van der Waals surface area (Å²) in [6, 6.07) is 20.2. The average Bonchev–Trinajstić information content (AvgIpc) is 3.01. The summed E-state index contributed by atoms with van der Waals surface area (Å²) in [7, 11) is 1.58. The second-order valence-electron chi connectivity index (χ2n) is 10.6. The predicted molar refractivity (Wildman–Crippen MR) is 163 cm³/mol. The number of aryl methyl sites for hydroxylation is 2. The van der Waals surface area contributed by atoms with Crippen molar-refractivity contribution in [2.24, 2.45) is 0 Å². The minimum Gasteiger partial charge on any atom is -0.497 e. The number of methoxy groups -OCH3 is 1. The number of amides is 1. The highest BCUT2D eigenvalue weighted by Crippen LogP contribution is 2.20. The molecule has 2 heterocycles. The van der Waals surface area contributed by atoms with E-state index in [1.54, 1.807) is 31.4 Å². The van der Waals surface area contributed by atoms with E-state index < -0.39 is 12.0 Å². The molecule has 1 amide bonds. The molecule has 0 fully saturated rings. The van der Waals surface area contributed by atoms with Crippen LogP contribution in [0, 0.1) is 0 Å². The number of nitrogens with one attached hydrogen (secondary N) is 2. The number of nitrogens with zero attached hydrogens (tertiary/aromatic N) is 2. The van der Waals surface area contributed by atoms with Crippen LogP contribution >= 0.6 is 0 Å². The van der Waals surface area contributed by atoms with Gasteiger partial charge in [-0.2, -0.15) is 0 Å². The summed E-state index contributed by atoms with van der Waals surface area (Å²) in [5, 5.41) is 15.9. The van der Waals surface area contributed by atoms with E-state index in [9.17, 15) is 14.7 Å². The number of anilines is 1. The lowest BCUT2D eigenvalue weighted by atomic mass is 10.1. The van der Waals surface area contributed by atoms with Gasteiger partial charge in [0.2, 0.25) is 5.91 Å². The molecule has 1 atom stereocenters. The fraction of sp³-hybridized carbons (Fsp3) is 0.424. The summed E-state index contributed by atoms with van der Waals surface area (Å²) in [6.07, 6.45) is 5.44. The van der Waals surface area contributed by atoms with E-state index in [1.165, 1.54) is 5.56 Å². The van der Waals surface area contributed by atoms with Crippen molar-refractivity contribution >= 4 is 17.7 Å². The summed E-state index contributed by atoms with van der Waals surface area (Å²) in [6.45, 7) is 3.45. The van der Waals surface area contributed by atoms with E-state index in [-0.39, 0.29) is 12.3 Å². The van der Waals surface area contributed by atoms with Crippen molar-refractivity contribution in [3.05, 3.63) is 83.6 Å². The maximum absolute atomic E-state index is 12.6. The van der Waals surface area contributed by atoms with E-state index >= 15 is 0 Å². The Balaban J connectivity index is 1.28. The SMILES string of the molecule is COc1ccc(CC(=O)N[C@@H](CCN(CCCCc2ccc3c(n2)NCCC3)CCOc2ccccc2)C(=O)O)cc1. The van der Waals surface area contributed by atoms with Crippen LogP contribution in [0.1, 0.15) is 42.5 Å². The topological polar surface area (TPSA) is 113 Å². The van der Waals surface area contributed by atoms with Gasteiger partial charge in [-0.25, -0.2) is 9.78 Å². The number of pyridine rings is 1. The number of para-hydroxylation sites is 1. The maximum atomic E-state index is 12.6. The van der Waals surface area contributed by atoms with Gasteiger partial charge >= 0.3 is 5.97 Å². The van der Waals surface area contributed by atoms with E-state index in [2.05, 4.69) is 27.7 Å². The molecular weight excluding hydrogens is 532 g/mol. The van der Waals surface area contributed by atoms with Crippen molar-refractivity contribution in [1.82, 2.24) is 15.2 Å². The molecule has 1 aliphatic heterocycles. The number of fused-ring (bicyclic) bond motifs is 1. The first-order chi connectivity index (χ1) is 20.5. The van der Waals surface area contributed by atoms with Crippen LogP contribution in [0.5, 0.6) is 11.5 Å². The van der Waals surface area contributed by atoms with E-state index in [0.717, 1.165) is 68.0 Å². The van der Waals surface area contributed by atoms with Gasteiger partial charge in [-0.1, -0.05) is 36.4 Å². The van der Waals surface area contributed by atoms with Crippen molar-refractivity contribution < 1.29 is 24.2 Å². The van der Waals surface area contributed by atoms with Crippen LogP contribution in [0.15, 0.2) is 66.7 Å². The third kappa shape index (κ3) is 10.1. The Kier molecular flexibility index (Phi) is 12.0. The fourth-order valence-corrected chi connectivity index (χ4v) is 5.04. The highest BCUT2D eigenvalue weighted by molar-refractivity contribution is 5.84. The summed E-state index contributed by atoms with van der Waals surface area (Å²) in [4.78, 5) is 31.7. The number of benzene rings is 2. The average molecular weight is 575 g/mol. The predicted octanol–water partition coefficient (Wildman–Crippen LogP) is 4.35. The summed E-state index contributed by atoms with van der Waals surface area (Å²) < 4.78 is 11.1. The second kappa shape index (κ2) is 16.4. The molecule has 0 bridgehead atoms. The Hall–Kier alpha value is -4.11. The lowest BCUT2D eigenvalue weighted by Gasteiger charge is -2.24. The molecule has 0 saturated heterocycles. The lowest BCUT2D eigenvalue weighted by Crippen LogP contribution is -2.44. The molecule has 0 aliphatic carbocycles. The Morgan fingerprint density at radius 1 is 1.00 bits per heavy atom. The number of carbonyl (C=O) groups excluding carboxylic acids is 1. The van der Waals surface area contributed by atoms with Gasteiger partial charge in [0, 0.05) is 25.3 Å². The Morgan fingerprint density at radius 3 is 2.57 bits per heavy atom. The molecule has 0 saturated carbocycles.